The second-order valence-corrected chi connectivity index (χ2v) is 5.75. The summed E-state index contributed by atoms with van der Waals surface area (Å²) in [7, 11) is 1.57. The second kappa shape index (κ2) is 8.73. The zero-order chi connectivity index (χ0) is 18.2. The fourth-order valence-electron chi connectivity index (χ4n) is 2.16. The standard InChI is InChI=1S/C19H23N3O3/c1-13(2)25-17-10-8-15(9-11-17)21-12-18(23)22-16-6-4-14(5-7-16)19(24)20-3/h4-11,13,21H,12H2,1-3H3,(H,20,24)(H,22,23). The molecule has 25 heavy (non-hydrogen) atoms. The molecule has 0 atom stereocenters. The predicted octanol–water partition coefficient (Wildman–Crippen LogP) is 2.88. The van der Waals surface area contributed by atoms with Gasteiger partial charge >= 0.3 is 0 Å². The molecule has 0 saturated carbocycles. The molecule has 0 fully saturated rings. The Morgan fingerprint density at radius 2 is 1.56 bits per heavy atom. The fourth-order valence-corrected chi connectivity index (χ4v) is 2.16. The number of nitrogens with one attached hydrogen (secondary N) is 3. The predicted molar refractivity (Wildman–Crippen MR) is 99.2 cm³/mol. The van der Waals surface area contributed by atoms with Crippen LogP contribution < -0.4 is 20.7 Å². The van der Waals surface area contributed by atoms with E-state index in [0.717, 1.165) is 11.4 Å². The van der Waals surface area contributed by atoms with Crippen molar-refractivity contribution in [2.75, 3.05) is 24.2 Å². The molecule has 0 unspecified atom stereocenters. The molecule has 2 aromatic rings. The highest BCUT2D eigenvalue weighted by atomic mass is 16.5. The first kappa shape index (κ1) is 18.3. The van der Waals surface area contributed by atoms with Gasteiger partial charge in [-0.15, -0.1) is 0 Å². The van der Waals surface area contributed by atoms with Crippen LogP contribution in [-0.4, -0.2) is 31.5 Å². The van der Waals surface area contributed by atoms with E-state index in [1.807, 2.05) is 38.1 Å². The Labute approximate surface area is 147 Å². The number of hydrogen-bond donors (Lipinski definition) is 3. The number of amides is 2. The third-order valence-electron chi connectivity index (χ3n) is 3.34. The summed E-state index contributed by atoms with van der Waals surface area (Å²) in [4.78, 5) is 23.5. The van der Waals surface area contributed by atoms with Crippen molar-refractivity contribution in [2.45, 2.75) is 20.0 Å². The first-order chi connectivity index (χ1) is 12.0. The van der Waals surface area contributed by atoms with Gasteiger partial charge in [-0.05, 0) is 62.4 Å². The zero-order valence-electron chi connectivity index (χ0n) is 14.6. The molecule has 132 valence electrons. The molecule has 6 heteroatoms. The summed E-state index contributed by atoms with van der Waals surface area (Å²) < 4.78 is 5.57. The third kappa shape index (κ3) is 5.84. The van der Waals surface area contributed by atoms with Crippen molar-refractivity contribution in [1.82, 2.24) is 5.32 Å². The van der Waals surface area contributed by atoms with Crippen LogP contribution in [0.5, 0.6) is 5.75 Å². The monoisotopic (exact) mass is 341 g/mol. The highest BCUT2D eigenvalue weighted by Crippen LogP contribution is 2.17. The van der Waals surface area contributed by atoms with E-state index in [-0.39, 0.29) is 24.5 Å². The van der Waals surface area contributed by atoms with Crippen molar-refractivity contribution in [2.24, 2.45) is 0 Å². The van der Waals surface area contributed by atoms with E-state index in [9.17, 15) is 9.59 Å². The maximum atomic E-state index is 12.0. The topological polar surface area (TPSA) is 79.5 Å². The van der Waals surface area contributed by atoms with Gasteiger partial charge < -0.3 is 20.7 Å². The van der Waals surface area contributed by atoms with E-state index >= 15 is 0 Å². The smallest absolute Gasteiger partial charge is 0.251 e. The van der Waals surface area contributed by atoms with Gasteiger partial charge in [0.2, 0.25) is 5.91 Å². The average molecular weight is 341 g/mol. The molecule has 0 aromatic heterocycles. The molecule has 0 saturated heterocycles. The van der Waals surface area contributed by atoms with Crippen molar-refractivity contribution < 1.29 is 14.3 Å². The van der Waals surface area contributed by atoms with Crippen molar-refractivity contribution in [3.63, 3.8) is 0 Å². The maximum absolute atomic E-state index is 12.0. The highest BCUT2D eigenvalue weighted by molar-refractivity contribution is 5.96. The molecular formula is C19H23N3O3. The minimum atomic E-state index is -0.171. The molecule has 0 bridgehead atoms. The van der Waals surface area contributed by atoms with E-state index in [0.29, 0.717) is 11.3 Å². The number of ether oxygens (including phenoxy) is 1. The molecule has 3 N–H and O–H groups in total. The number of anilines is 2. The highest BCUT2D eigenvalue weighted by Gasteiger charge is 2.05. The molecule has 0 aliphatic carbocycles. The molecule has 0 heterocycles. The van der Waals surface area contributed by atoms with Crippen molar-refractivity contribution in [3.8, 4) is 5.75 Å². The molecule has 0 spiro atoms. The summed E-state index contributed by atoms with van der Waals surface area (Å²) in [5, 5.41) is 8.38. The Kier molecular flexibility index (Phi) is 6.39. The molecule has 0 aliphatic heterocycles. The lowest BCUT2D eigenvalue weighted by atomic mass is 10.2. The lowest BCUT2D eigenvalue weighted by Gasteiger charge is -2.11. The zero-order valence-corrected chi connectivity index (χ0v) is 14.6. The van der Waals surface area contributed by atoms with E-state index in [4.69, 9.17) is 4.74 Å². The fraction of sp³-hybridized carbons (Fsp3) is 0.263. The van der Waals surface area contributed by atoms with Crippen LogP contribution in [0.25, 0.3) is 0 Å². The maximum Gasteiger partial charge on any atom is 0.251 e. The van der Waals surface area contributed by atoms with Crippen LogP contribution in [0.4, 0.5) is 11.4 Å². The van der Waals surface area contributed by atoms with Crippen LogP contribution in [0.2, 0.25) is 0 Å². The number of benzene rings is 2. The first-order valence-electron chi connectivity index (χ1n) is 8.10. The second-order valence-electron chi connectivity index (χ2n) is 5.75. The van der Waals surface area contributed by atoms with E-state index in [1.165, 1.54) is 0 Å². The summed E-state index contributed by atoms with van der Waals surface area (Å²) >= 11 is 0. The van der Waals surface area contributed by atoms with E-state index in [2.05, 4.69) is 16.0 Å². The number of carbonyl (C=O) groups excluding carboxylic acids is 2. The largest absolute Gasteiger partial charge is 0.491 e. The minimum absolute atomic E-state index is 0.124. The molecular weight excluding hydrogens is 318 g/mol. The molecule has 6 nitrogen and oxygen atoms in total. The van der Waals surface area contributed by atoms with Crippen LogP contribution >= 0.6 is 0 Å². The Morgan fingerprint density at radius 3 is 2.12 bits per heavy atom. The van der Waals surface area contributed by atoms with Crippen LogP contribution in [0.15, 0.2) is 48.5 Å². The van der Waals surface area contributed by atoms with Crippen LogP contribution in [0.3, 0.4) is 0 Å². The summed E-state index contributed by atoms with van der Waals surface area (Å²) in [6, 6.07) is 14.2. The van der Waals surface area contributed by atoms with Crippen LogP contribution in [-0.2, 0) is 4.79 Å². The van der Waals surface area contributed by atoms with Gasteiger partial charge in [0.25, 0.3) is 5.91 Å². The summed E-state index contributed by atoms with van der Waals surface area (Å²) in [6.45, 7) is 4.08. The van der Waals surface area contributed by atoms with Crippen molar-refractivity contribution in [1.29, 1.82) is 0 Å². The Morgan fingerprint density at radius 1 is 0.960 bits per heavy atom. The summed E-state index contributed by atoms with van der Waals surface area (Å²) in [5.74, 6) is 0.459. The van der Waals surface area contributed by atoms with Gasteiger partial charge in [0.15, 0.2) is 0 Å². The molecule has 0 radical (unpaired) electrons. The number of carbonyl (C=O) groups is 2. The summed E-state index contributed by atoms with van der Waals surface area (Å²) in [5.41, 5.74) is 2.02. The Balaban J connectivity index is 1.83. The molecule has 2 amide bonds. The number of rotatable bonds is 7. The van der Waals surface area contributed by atoms with Crippen molar-refractivity contribution >= 4 is 23.2 Å². The summed E-state index contributed by atoms with van der Waals surface area (Å²) in [6.07, 6.45) is 0.124. The molecule has 0 aliphatic rings. The van der Waals surface area contributed by atoms with Gasteiger partial charge in [-0.25, -0.2) is 0 Å². The molecule has 2 rings (SSSR count). The van der Waals surface area contributed by atoms with E-state index in [1.54, 1.807) is 31.3 Å². The van der Waals surface area contributed by atoms with E-state index < -0.39 is 0 Å². The normalized spacial score (nSPS) is 10.2. The Bertz CT molecular complexity index is 710. The van der Waals surface area contributed by atoms with Gasteiger partial charge in [0.05, 0.1) is 12.6 Å². The van der Waals surface area contributed by atoms with Crippen LogP contribution in [0, 0.1) is 0 Å². The minimum Gasteiger partial charge on any atom is -0.491 e. The quantitative estimate of drug-likeness (QED) is 0.723. The SMILES string of the molecule is CNC(=O)c1ccc(NC(=O)CNc2ccc(OC(C)C)cc2)cc1. The third-order valence-corrected chi connectivity index (χ3v) is 3.34. The van der Waals surface area contributed by atoms with Gasteiger partial charge in [-0.1, -0.05) is 0 Å². The van der Waals surface area contributed by atoms with Gasteiger partial charge in [0, 0.05) is 24.0 Å². The van der Waals surface area contributed by atoms with Gasteiger partial charge in [-0.3, -0.25) is 9.59 Å². The molecule has 2 aromatic carbocycles. The van der Waals surface area contributed by atoms with Crippen molar-refractivity contribution in [3.05, 3.63) is 54.1 Å². The lowest BCUT2D eigenvalue weighted by molar-refractivity contribution is -0.114. The lowest BCUT2D eigenvalue weighted by Crippen LogP contribution is -2.22. The Hall–Kier alpha value is -3.02. The van der Waals surface area contributed by atoms with Crippen LogP contribution in [0.1, 0.15) is 24.2 Å². The number of hydrogen-bond acceptors (Lipinski definition) is 4. The average Bonchev–Trinajstić information content (AvgIpc) is 2.60. The van der Waals surface area contributed by atoms with Gasteiger partial charge in [0.1, 0.15) is 5.75 Å². The first-order valence-corrected chi connectivity index (χ1v) is 8.10. The van der Waals surface area contributed by atoms with Gasteiger partial charge in [-0.2, -0.15) is 0 Å².